The van der Waals surface area contributed by atoms with Crippen LogP contribution in [0.5, 0.6) is 5.75 Å². The van der Waals surface area contributed by atoms with Crippen LogP contribution in [0.25, 0.3) is 0 Å². The van der Waals surface area contributed by atoms with Gasteiger partial charge in [-0.3, -0.25) is 9.69 Å². The summed E-state index contributed by atoms with van der Waals surface area (Å²) in [4.78, 5) is 18.1. The summed E-state index contributed by atoms with van der Waals surface area (Å²) >= 11 is 0. The van der Waals surface area contributed by atoms with Gasteiger partial charge in [0.2, 0.25) is 6.10 Å². The first kappa shape index (κ1) is 26.2. The Hall–Kier alpha value is -2.37. The third kappa shape index (κ3) is 5.81. The zero-order valence-corrected chi connectivity index (χ0v) is 21.4. The molecule has 4 rings (SSSR count). The molecule has 3 atom stereocenters. The molecule has 0 radical (unpaired) electrons. The number of nitrogens with one attached hydrogen (secondary N) is 1. The van der Waals surface area contributed by atoms with Crippen LogP contribution in [-0.4, -0.2) is 41.7 Å². The second kappa shape index (κ2) is 11.9. The minimum Gasteiger partial charge on any atom is -0.474 e. The predicted octanol–water partition coefficient (Wildman–Crippen LogP) is 6.40. The maximum Gasteiger partial charge on any atom is 0.272 e. The van der Waals surface area contributed by atoms with Crippen LogP contribution >= 0.6 is 12.4 Å². The zero-order chi connectivity index (χ0) is 23.4. The molecule has 0 spiro atoms. The summed E-state index contributed by atoms with van der Waals surface area (Å²) in [6.45, 7) is 8.32. The van der Waals surface area contributed by atoms with Gasteiger partial charge in [-0.25, -0.2) is 0 Å². The Kier molecular flexibility index (Phi) is 9.15. The number of anilines is 1. The smallest absolute Gasteiger partial charge is 0.272 e. The van der Waals surface area contributed by atoms with E-state index >= 15 is 0 Å². The van der Waals surface area contributed by atoms with E-state index in [0.29, 0.717) is 24.3 Å². The summed E-state index contributed by atoms with van der Waals surface area (Å²) in [5.41, 5.74) is 2.96. The number of nitrogens with zero attached hydrogens (tertiary/aromatic N) is 2. The average Bonchev–Trinajstić information content (AvgIpc) is 2.81. The molecular formula is C28H38ClN3O2. The second-order valence-electron chi connectivity index (χ2n) is 9.63. The average molecular weight is 484 g/mol. The summed E-state index contributed by atoms with van der Waals surface area (Å²) in [6, 6.07) is 16.8. The SMILES string of the molecule is CC(=N)c1cccc(C2Oc3ccccc3N(CCCCCN3[C@H](C)CCC[C@@H]3C)C2=O)c1.Cl. The number of piperidine rings is 1. The summed E-state index contributed by atoms with van der Waals surface area (Å²) in [5, 5.41) is 7.94. The van der Waals surface area contributed by atoms with Gasteiger partial charge in [-0.2, -0.15) is 0 Å². The third-order valence-electron chi connectivity index (χ3n) is 7.19. The van der Waals surface area contributed by atoms with E-state index in [1.54, 1.807) is 6.92 Å². The molecule has 1 N–H and O–H groups in total. The maximum absolute atomic E-state index is 13.5. The van der Waals surface area contributed by atoms with E-state index in [9.17, 15) is 4.79 Å². The van der Waals surface area contributed by atoms with Gasteiger partial charge in [0.15, 0.2) is 0 Å². The van der Waals surface area contributed by atoms with E-state index in [0.717, 1.165) is 42.0 Å². The van der Waals surface area contributed by atoms with Gasteiger partial charge >= 0.3 is 0 Å². The lowest BCUT2D eigenvalue weighted by Gasteiger charge is -2.39. The fourth-order valence-corrected chi connectivity index (χ4v) is 5.25. The molecule has 6 heteroatoms. The van der Waals surface area contributed by atoms with Crippen LogP contribution in [0.2, 0.25) is 0 Å². The monoisotopic (exact) mass is 483 g/mol. The third-order valence-corrected chi connectivity index (χ3v) is 7.19. The molecule has 184 valence electrons. The summed E-state index contributed by atoms with van der Waals surface area (Å²) in [6.07, 6.45) is 6.54. The van der Waals surface area contributed by atoms with Crippen molar-refractivity contribution in [1.82, 2.24) is 4.90 Å². The normalized spacial score (nSPS) is 22.5. The van der Waals surface area contributed by atoms with Crippen molar-refractivity contribution >= 4 is 29.7 Å². The van der Waals surface area contributed by atoms with Gasteiger partial charge in [0.25, 0.3) is 5.91 Å². The molecule has 0 aliphatic carbocycles. The molecule has 2 aromatic rings. The Balaban J connectivity index is 0.00000324. The highest BCUT2D eigenvalue weighted by atomic mass is 35.5. The molecule has 0 bridgehead atoms. The van der Waals surface area contributed by atoms with Gasteiger partial charge in [0, 0.05) is 29.9 Å². The predicted molar refractivity (Wildman–Crippen MR) is 142 cm³/mol. The van der Waals surface area contributed by atoms with Crippen LogP contribution in [0.4, 0.5) is 5.69 Å². The van der Waals surface area contributed by atoms with E-state index in [-0.39, 0.29) is 18.3 Å². The number of unbranched alkanes of at least 4 members (excludes halogenated alkanes) is 2. The Bertz CT molecular complexity index is 985. The first-order valence-corrected chi connectivity index (χ1v) is 12.4. The van der Waals surface area contributed by atoms with E-state index in [4.69, 9.17) is 10.1 Å². The van der Waals surface area contributed by atoms with Crippen LogP contribution in [0.3, 0.4) is 0 Å². The molecule has 0 aromatic heterocycles. The fraction of sp³-hybridized carbons (Fsp3) is 0.500. The van der Waals surface area contributed by atoms with Gasteiger partial charge in [-0.15, -0.1) is 12.4 Å². The van der Waals surface area contributed by atoms with Gasteiger partial charge in [0.05, 0.1) is 5.69 Å². The fourth-order valence-electron chi connectivity index (χ4n) is 5.25. The first-order valence-electron chi connectivity index (χ1n) is 12.4. The molecule has 2 aromatic carbocycles. The van der Waals surface area contributed by atoms with Crippen molar-refractivity contribution in [3.63, 3.8) is 0 Å². The van der Waals surface area contributed by atoms with Crippen molar-refractivity contribution in [2.45, 2.75) is 77.5 Å². The highest BCUT2D eigenvalue weighted by Crippen LogP contribution is 2.39. The summed E-state index contributed by atoms with van der Waals surface area (Å²) in [7, 11) is 0. The molecular weight excluding hydrogens is 446 g/mol. The molecule has 1 unspecified atom stereocenters. The lowest BCUT2D eigenvalue weighted by molar-refractivity contribution is -0.126. The van der Waals surface area contributed by atoms with Crippen molar-refractivity contribution < 1.29 is 9.53 Å². The molecule has 2 aliphatic heterocycles. The minimum absolute atomic E-state index is 0. The van der Waals surface area contributed by atoms with Crippen molar-refractivity contribution in [3.8, 4) is 5.75 Å². The number of rotatable bonds is 8. The standard InChI is InChI=1S/C28H37N3O2.ClH/c1-20-11-9-12-21(2)30(20)17-7-4-8-18-31-25-15-5-6-16-26(25)33-27(28(31)32)24-14-10-13-23(19-24)22(3)29;/h5-6,10,13-16,19-21,27,29H,4,7-9,11-12,17-18H2,1-3H3;1H/t20-,21+,27?;. The number of benzene rings is 2. The highest BCUT2D eigenvalue weighted by Gasteiger charge is 2.35. The molecule has 5 nitrogen and oxygen atoms in total. The number of para-hydroxylation sites is 2. The Morgan fingerprint density at radius 2 is 1.71 bits per heavy atom. The Morgan fingerprint density at radius 1 is 1.00 bits per heavy atom. The largest absolute Gasteiger partial charge is 0.474 e. The van der Waals surface area contributed by atoms with E-state index in [1.807, 2.05) is 53.4 Å². The van der Waals surface area contributed by atoms with Crippen molar-refractivity contribution in [2.24, 2.45) is 0 Å². The topological polar surface area (TPSA) is 56.6 Å². The van der Waals surface area contributed by atoms with Gasteiger partial charge in [-0.05, 0) is 76.8 Å². The minimum atomic E-state index is -0.672. The van der Waals surface area contributed by atoms with Crippen LogP contribution in [-0.2, 0) is 4.79 Å². The number of likely N-dealkylation sites (tertiary alicyclic amines) is 1. The summed E-state index contributed by atoms with van der Waals surface area (Å²) in [5.74, 6) is 0.724. The molecule has 0 saturated carbocycles. The molecule has 2 heterocycles. The van der Waals surface area contributed by atoms with Gasteiger partial charge in [-0.1, -0.05) is 43.2 Å². The second-order valence-corrected chi connectivity index (χ2v) is 9.63. The van der Waals surface area contributed by atoms with Crippen molar-refractivity contribution in [1.29, 1.82) is 5.41 Å². The van der Waals surface area contributed by atoms with Crippen LogP contribution in [0.1, 0.15) is 76.5 Å². The van der Waals surface area contributed by atoms with Crippen LogP contribution in [0.15, 0.2) is 48.5 Å². The number of hydrogen-bond donors (Lipinski definition) is 1. The number of halogens is 1. The Morgan fingerprint density at radius 3 is 2.44 bits per heavy atom. The molecule has 1 saturated heterocycles. The van der Waals surface area contributed by atoms with E-state index < -0.39 is 6.10 Å². The van der Waals surface area contributed by atoms with Crippen LogP contribution in [0, 0.1) is 5.41 Å². The number of amides is 1. The van der Waals surface area contributed by atoms with Crippen LogP contribution < -0.4 is 9.64 Å². The number of hydrogen-bond acceptors (Lipinski definition) is 4. The lowest BCUT2D eigenvalue weighted by atomic mass is 9.97. The zero-order valence-electron chi connectivity index (χ0n) is 20.6. The lowest BCUT2D eigenvalue weighted by Crippen LogP contribution is -2.44. The quantitative estimate of drug-likeness (QED) is 0.349. The first-order chi connectivity index (χ1) is 16.0. The van der Waals surface area contributed by atoms with Gasteiger partial charge < -0.3 is 15.0 Å². The Labute approximate surface area is 210 Å². The van der Waals surface area contributed by atoms with Crippen molar-refractivity contribution in [3.05, 3.63) is 59.7 Å². The maximum atomic E-state index is 13.5. The molecule has 1 fully saturated rings. The van der Waals surface area contributed by atoms with Crippen molar-refractivity contribution in [2.75, 3.05) is 18.0 Å². The van der Waals surface area contributed by atoms with Gasteiger partial charge in [0.1, 0.15) is 5.75 Å². The van der Waals surface area contributed by atoms with E-state index in [1.165, 1.54) is 25.7 Å². The molecule has 2 aliphatic rings. The van der Waals surface area contributed by atoms with E-state index in [2.05, 4.69) is 18.7 Å². The number of fused-ring (bicyclic) bond motifs is 1. The highest BCUT2D eigenvalue weighted by molar-refractivity contribution is 6.01. The number of carbonyl (C=O) groups is 1. The number of ether oxygens (including phenoxy) is 1. The summed E-state index contributed by atoms with van der Waals surface area (Å²) < 4.78 is 6.16. The molecule has 34 heavy (non-hydrogen) atoms. The number of carbonyl (C=O) groups excluding carboxylic acids is 1. The molecule has 1 amide bonds.